The molecule has 1 atom stereocenters. The number of Topliss-reactive ketones (excluding diaryl/α,β-unsaturated/α-hetero) is 1. The number of ether oxygens (including phenoxy) is 2. The van der Waals surface area contributed by atoms with Crippen molar-refractivity contribution in [3.05, 3.63) is 11.6 Å². The molecule has 94 valence electrons. The molecule has 0 bridgehead atoms. The number of methoxy groups -OCH3 is 2. The molecule has 0 fully saturated rings. The number of hydrogen-bond acceptors (Lipinski definition) is 5. The van der Waals surface area contributed by atoms with Gasteiger partial charge in [0.05, 0.1) is 14.2 Å². The van der Waals surface area contributed by atoms with Crippen LogP contribution < -0.4 is 0 Å². The van der Waals surface area contributed by atoms with Gasteiger partial charge in [0, 0.05) is 6.42 Å². The van der Waals surface area contributed by atoms with E-state index in [0.29, 0.717) is 12.0 Å². The fourth-order valence-electron chi connectivity index (χ4n) is 1.91. The van der Waals surface area contributed by atoms with Crippen LogP contribution in [0, 0.1) is 11.8 Å². The maximum atomic E-state index is 11.6. The van der Waals surface area contributed by atoms with Crippen LogP contribution in [-0.4, -0.2) is 31.9 Å². The van der Waals surface area contributed by atoms with Crippen molar-refractivity contribution in [3.8, 4) is 0 Å². The van der Waals surface area contributed by atoms with E-state index in [-0.39, 0.29) is 18.1 Å². The lowest BCUT2D eigenvalue weighted by Crippen LogP contribution is -2.35. The first-order valence-electron chi connectivity index (χ1n) is 5.36. The summed E-state index contributed by atoms with van der Waals surface area (Å²) >= 11 is 0. The summed E-state index contributed by atoms with van der Waals surface area (Å²) in [7, 11) is 2.42. The molecule has 5 nitrogen and oxygen atoms in total. The van der Waals surface area contributed by atoms with Gasteiger partial charge < -0.3 is 9.47 Å². The van der Waals surface area contributed by atoms with Crippen LogP contribution in [0.5, 0.6) is 0 Å². The second kappa shape index (κ2) is 5.61. The summed E-state index contributed by atoms with van der Waals surface area (Å²) < 4.78 is 9.16. The van der Waals surface area contributed by atoms with Crippen LogP contribution in [0.3, 0.4) is 0 Å². The lowest BCUT2D eigenvalue weighted by Gasteiger charge is -2.24. The molecule has 5 heteroatoms. The highest BCUT2D eigenvalue weighted by Gasteiger charge is 2.38. The number of hydrogen-bond donors (Lipinski definition) is 0. The first-order valence-corrected chi connectivity index (χ1v) is 5.36. The van der Waals surface area contributed by atoms with Crippen LogP contribution in [0.15, 0.2) is 11.6 Å². The Morgan fingerprint density at radius 1 is 1.29 bits per heavy atom. The van der Waals surface area contributed by atoms with Crippen molar-refractivity contribution in [1.29, 1.82) is 0 Å². The molecular formula is C12H16O5. The Bertz CT molecular complexity index is 353. The molecule has 1 aliphatic carbocycles. The summed E-state index contributed by atoms with van der Waals surface area (Å²) in [6.07, 6.45) is 2.43. The van der Waals surface area contributed by atoms with E-state index >= 15 is 0 Å². The van der Waals surface area contributed by atoms with Gasteiger partial charge in [-0.1, -0.05) is 6.08 Å². The summed E-state index contributed by atoms with van der Waals surface area (Å²) in [5.41, 5.74) is 0.676. The molecule has 0 aromatic carbocycles. The molecule has 0 saturated heterocycles. The molecule has 17 heavy (non-hydrogen) atoms. The second-order valence-electron chi connectivity index (χ2n) is 4.03. The third-order valence-electron chi connectivity index (χ3n) is 3.00. The minimum Gasteiger partial charge on any atom is -0.468 e. The summed E-state index contributed by atoms with van der Waals surface area (Å²) in [5.74, 6) is -2.73. The number of esters is 2. The fourth-order valence-corrected chi connectivity index (χ4v) is 1.91. The minimum absolute atomic E-state index is 0.0425. The van der Waals surface area contributed by atoms with E-state index in [1.54, 1.807) is 13.0 Å². The van der Waals surface area contributed by atoms with Gasteiger partial charge in [0.25, 0.3) is 0 Å². The summed E-state index contributed by atoms with van der Waals surface area (Å²) in [5, 5.41) is 0. The highest BCUT2D eigenvalue weighted by molar-refractivity contribution is 5.99. The molecular weight excluding hydrogens is 224 g/mol. The highest BCUT2D eigenvalue weighted by atomic mass is 16.5. The summed E-state index contributed by atoms with van der Waals surface area (Å²) in [6.45, 7) is 1.73. The monoisotopic (exact) mass is 240 g/mol. The zero-order valence-electron chi connectivity index (χ0n) is 10.2. The second-order valence-corrected chi connectivity index (χ2v) is 4.03. The molecule has 0 radical (unpaired) electrons. The van der Waals surface area contributed by atoms with Crippen molar-refractivity contribution < 1.29 is 23.9 Å². The van der Waals surface area contributed by atoms with Gasteiger partial charge in [-0.2, -0.15) is 0 Å². The first kappa shape index (κ1) is 13.4. The van der Waals surface area contributed by atoms with Gasteiger partial charge in [0.1, 0.15) is 0 Å². The van der Waals surface area contributed by atoms with E-state index in [1.807, 2.05) is 0 Å². The van der Waals surface area contributed by atoms with Crippen molar-refractivity contribution in [2.24, 2.45) is 11.8 Å². The van der Waals surface area contributed by atoms with E-state index in [4.69, 9.17) is 0 Å². The Hall–Kier alpha value is -1.65. The SMILES string of the molecule is COC(=O)C(C(=O)OC)[C@@H]1CC=C(C)C(=O)C1. The predicted octanol–water partition coefficient (Wildman–Crippen LogP) is 0.874. The number of carbonyl (C=O) groups is 3. The molecule has 0 spiro atoms. The van der Waals surface area contributed by atoms with Crippen LogP contribution in [0.1, 0.15) is 19.8 Å². The average molecular weight is 240 g/mol. The van der Waals surface area contributed by atoms with Gasteiger partial charge in [-0.3, -0.25) is 14.4 Å². The predicted molar refractivity (Wildman–Crippen MR) is 59.0 cm³/mol. The fraction of sp³-hybridized carbons (Fsp3) is 0.583. The quantitative estimate of drug-likeness (QED) is 0.541. The van der Waals surface area contributed by atoms with Crippen molar-refractivity contribution >= 4 is 17.7 Å². The van der Waals surface area contributed by atoms with Crippen LogP contribution in [-0.2, 0) is 23.9 Å². The topological polar surface area (TPSA) is 69.7 Å². The standard InChI is InChI=1S/C12H16O5/c1-7-4-5-8(6-9(7)13)10(11(14)16-2)12(15)17-3/h4,8,10H,5-6H2,1-3H3/t8-/m1/s1. The Kier molecular flexibility index (Phi) is 4.43. The van der Waals surface area contributed by atoms with Gasteiger partial charge in [0.15, 0.2) is 11.7 Å². The number of carbonyl (C=O) groups excluding carboxylic acids is 3. The van der Waals surface area contributed by atoms with Crippen molar-refractivity contribution in [1.82, 2.24) is 0 Å². The normalized spacial score (nSPS) is 19.9. The molecule has 0 aromatic heterocycles. The minimum atomic E-state index is -1.02. The third kappa shape index (κ3) is 2.93. The van der Waals surface area contributed by atoms with E-state index in [2.05, 4.69) is 9.47 Å². The summed E-state index contributed by atoms with van der Waals surface area (Å²) in [4.78, 5) is 34.6. The van der Waals surface area contributed by atoms with E-state index in [1.165, 1.54) is 14.2 Å². The molecule has 0 aromatic rings. The first-order chi connectivity index (χ1) is 8.01. The Labute approximate surface area is 99.8 Å². The molecule has 0 unspecified atom stereocenters. The largest absolute Gasteiger partial charge is 0.468 e. The van der Waals surface area contributed by atoms with Crippen LogP contribution in [0.4, 0.5) is 0 Å². The van der Waals surface area contributed by atoms with Gasteiger partial charge in [-0.25, -0.2) is 0 Å². The van der Waals surface area contributed by atoms with Gasteiger partial charge in [-0.05, 0) is 24.8 Å². The molecule has 0 heterocycles. The molecule has 0 N–H and O–H groups in total. The van der Waals surface area contributed by atoms with Crippen LogP contribution >= 0.6 is 0 Å². The number of allylic oxidation sites excluding steroid dienone is 2. The van der Waals surface area contributed by atoms with Crippen molar-refractivity contribution in [3.63, 3.8) is 0 Å². The van der Waals surface area contributed by atoms with Crippen molar-refractivity contribution in [2.45, 2.75) is 19.8 Å². The van der Waals surface area contributed by atoms with Crippen molar-refractivity contribution in [2.75, 3.05) is 14.2 Å². The smallest absolute Gasteiger partial charge is 0.320 e. The Morgan fingerprint density at radius 2 is 1.82 bits per heavy atom. The third-order valence-corrected chi connectivity index (χ3v) is 3.00. The van der Waals surface area contributed by atoms with Crippen LogP contribution in [0.25, 0.3) is 0 Å². The zero-order chi connectivity index (χ0) is 13.0. The van der Waals surface area contributed by atoms with Crippen LogP contribution in [0.2, 0.25) is 0 Å². The maximum Gasteiger partial charge on any atom is 0.320 e. The Morgan fingerprint density at radius 3 is 2.24 bits per heavy atom. The Balaban J connectivity index is 2.89. The average Bonchev–Trinajstić information content (AvgIpc) is 2.33. The van der Waals surface area contributed by atoms with E-state index < -0.39 is 17.9 Å². The number of rotatable bonds is 3. The molecule has 0 saturated carbocycles. The molecule has 0 aliphatic heterocycles. The van der Waals surface area contributed by atoms with E-state index in [9.17, 15) is 14.4 Å². The maximum absolute atomic E-state index is 11.6. The lowest BCUT2D eigenvalue weighted by atomic mass is 9.80. The van der Waals surface area contributed by atoms with Gasteiger partial charge >= 0.3 is 11.9 Å². The lowest BCUT2D eigenvalue weighted by molar-refractivity contribution is -0.161. The molecule has 1 rings (SSSR count). The van der Waals surface area contributed by atoms with E-state index in [0.717, 1.165) is 0 Å². The summed E-state index contributed by atoms with van der Waals surface area (Å²) in [6, 6.07) is 0. The number of ketones is 1. The zero-order valence-corrected chi connectivity index (χ0v) is 10.2. The molecule has 1 aliphatic rings. The molecule has 0 amide bonds. The van der Waals surface area contributed by atoms with Gasteiger partial charge in [-0.15, -0.1) is 0 Å². The van der Waals surface area contributed by atoms with Gasteiger partial charge in [0.2, 0.25) is 0 Å². The highest BCUT2D eigenvalue weighted by Crippen LogP contribution is 2.29.